The highest BCUT2D eigenvalue weighted by molar-refractivity contribution is 6.02. The van der Waals surface area contributed by atoms with Crippen molar-refractivity contribution in [2.45, 2.75) is 6.42 Å². The van der Waals surface area contributed by atoms with Gasteiger partial charge in [-0.3, -0.25) is 4.79 Å². The molecule has 0 spiro atoms. The summed E-state index contributed by atoms with van der Waals surface area (Å²) in [5.41, 5.74) is 2.49. The third kappa shape index (κ3) is 8.69. The summed E-state index contributed by atoms with van der Waals surface area (Å²) in [6.45, 7) is 0.654. The zero-order chi connectivity index (χ0) is 24.9. The SMILES string of the molecule is COCOc1ccc(/C=C/C(=O)Nc2ccc(OCCc3ccc(O)cc3)cc2)cc1OCOC. The van der Waals surface area contributed by atoms with E-state index >= 15 is 0 Å². The number of phenolic OH excluding ortho intramolecular Hbond substituents is 1. The Bertz CT molecular complexity index is 1100. The Hall–Kier alpha value is -4.01. The maximum absolute atomic E-state index is 12.3. The van der Waals surface area contributed by atoms with Crippen LogP contribution >= 0.6 is 0 Å². The molecule has 0 aliphatic rings. The van der Waals surface area contributed by atoms with Crippen molar-refractivity contribution in [3.63, 3.8) is 0 Å². The number of nitrogens with one attached hydrogen (secondary N) is 1. The predicted octanol–water partition coefficient (Wildman–Crippen LogP) is 4.63. The number of benzene rings is 3. The van der Waals surface area contributed by atoms with E-state index in [9.17, 15) is 9.90 Å². The second kappa shape index (κ2) is 13.6. The molecule has 0 heterocycles. The molecular weight excluding hydrogens is 450 g/mol. The largest absolute Gasteiger partial charge is 0.508 e. The average molecular weight is 480 g/mol. The van der Waals surface area contributed by atoms with Gasteiger partial charge in [-0.25, -0.2) is 0 Å². The fraction of sp³-hybridized carbons (Fsp3) is 0.222. The lowest BCUT2D eigenvalue weighted by Gasteiger charge is -2.12. The van der Waals surface area contributed by atoms with Gasteiger partial charge in [-0.1, -0.05) is 18.2 Å². The molecular formula is C27H29NO7. The number of hydrogen-bond donors (Lipinski definition) is 2. The van der Waals surface area contributed by atoms with Crippen molar-refractivity contribution in [1.82, 2.24) is 0 Å². The van der Waals surface area contributed by atoms with Crippen LogP contribution in [0.15, 0.2) is 72.8 Å². The molecule has 0 unspecified atom stereocenters. The van der Waals surface area contributed by atoms with Gasteiger partial charge in [-0.05, 0) is 65.7 Å². The van der Waals surface area contributed by atoms with Gasteiger partial charge in [0.15, 0.2) is 25.1 Å². The summed E-state index contributed by atoms with van der Waals surface area (Å²) in [4.78, 5) is 12.3. The van der Waals surface area contributed by atoms with E-state index in [1.54, 1.807) is 60.7 Å². The minimum Gasteiger partial charge on any atom is -0.508 e. The van der Waals surface area contributed by atoms with Crippen LogP contribution in [0.25, 0.3) is 6.08 Å². The fourth-order valence-corrected chi connectivity index (χ4v) is 3.04. The molecule has 3 aromatic rings. The van der Waals surface area contributed by atoms with Crippen LogP contribution in [0.2, 0.25) is 0 Å². The number of anilines is 1. The van der Waals surface area contributed by atoms with Gasteiger partial charge in [-0.15, -0.1) is 0 Å². The predicted molar refractivity (Wildman–Crippen MR) is 133 cm³/mol. The molecule has 8 nitrogen and oxygen atoms in total. The van der Waals surface area contributed by atoms with Crippen molar-refractivity contribution >= 4 is 17.7 Å². The summed E-state index contributed by atoms with van der Waals surface area (Å²) < 4.78 is 26.6. The summed E-state index contributed by atoms with van der Waals surface area (Å²) in [7, 11) is 3.06. The molecule has 0 aromatic heterocycles. The molecule has 35 heavy (non-hydrogen) atoms. The fourth-order valence-electron chi connectivity index (χ4n) is 3.04. The number of methoxy groups -OCH3 is 2. The molecule has 3 aromatic carbocycles. The molecule has 0 aliphatic carbocycles. The van der Waals surface area contributed by atoms with Gasteiger partial charge in [-0.2, -0.15) is 0 Å². The van der Waals surface area contributed by atoms with E-state index in [1.807, 2.05) is 12.1 Å². The summed E-state index contributed by atoms with van der Waals surface area (Å²) in [5.74, 6) is 1.67. The third-order valence-corrected chi connectivity index (χ3v) is 4.78. The molecule has 0 bridgehead atoms. The summed E-state index contributed by atoms with van der Waals surface area (Å²) in [5, 5.41) is 12.1. The highest BCUT2D eigenvalue weighted by Gasteiger charge is 2.07. The zero-order valence-electron chi connectivity index (χ0n) is 19.7. The first kappa shape index (κ1) is 25.6. The van der Waals surface area contributed by atoms with E-state index in [-0.39, 0.29) is 25.2 Å². The second-order valence-corrected chi connectivity index (χ2v) is 7.42. The lowest BCUT2D eigenvalue weighted by atomic mass is 10.1. The molecule has 0 saturated carbocycles. The first-order chi connectivity index (χ1) is 17.1. The van der Waals surface area contributed by atoms with Gasteiger partial charge in [0, 0.05) is 32.4 Å². The van der Waals surface area contributed by atoms with Crippen molar-refractivity contribution in [2.75, 3.05) is 39.7 Å². The Morgan fingerprint density at radius 3 is 2.23 bits per heavy atom. The highest BCUT2D eigenvalue weighted by Crippen LogP contribution is 2.29. The van der Waals surface area contributed by atoms with Crippen LogP contribution in [-0.4, -0.2) is 45.4 Å². The van der Waals surface area contributed by atoms with Gasteiger partial charge in [0.2, 0.25) is 5.91 Å². The normalized spacial score (nSPS) is 10.8. The van der Waals surface area contributed by atoms with E-state index in [0.717, 1.165) is 17.5 Å². The van der Waals surface area contributed by atoms with Crippen molar-refractivity contribution in [3.05, 3.63) is 83.9 Å². The number of rotatable bonds is 13. The zero-order valence-corrected chi connectivity index (χ0v) is 19.7. The minimum absolute atomic E-state index is 0.0630. The van der Waals surface area contributed by atoms with Crippen LogP contribution in [0.4, 0.5) is 5.69 Å². The van der Waals surface area contributed by atoms with Crippen LogP contribution in [0.5, 0.6) is 23.0 Å². The number of carbonyl (C=O) groups is 1. The van der Waals surface area contributed by atoms with E-state index in [1.165, 1.54) is 20.3 Å². The number of phenols is 1. The van der Waals surface area contributed by atoms with Crippen molar-refractivity contribution in [3.8, 4) is 23.0 Å². The van der Waals surface area contributed by atoms with Crippen LogP contribution < -0.4 is 19.5 Å². The van der Waals surface area contributed by atoms with Crippen molar-refractivity contribution in [1.29, 1.82) is 0 Å². The van der Waals surface area contributed by atoms with Gasteiger partial charge in [0.1, 0.15) is 11.5 Å². The monoisotopic (exact) mass is 479 g/mol. The first-order valence-electron chi connectivity index (χ1n) is 10.9. The van der Waals surface area contributed by atoms with E-state index in [0.29, 0.717) is 29.5 Å². The maximum Gasteiger partial charge on any atom is 0.248 e. The molecule has 3 rings (SSSR count). The van der Waals surface area contributed by atoms with Crippen molar-refractivity contribution < 1.29 is 33.6 Å². The van der Waals surface area contributed by atoms with E-state index in [2.05, 4.69) is 5.32 Å². The Labute approximate surface area is 204 Å². The molecule has 0 saturated heterocycles. The van der Waals surface area contributed by atoms with Crippen molar-refractivity contribution in [2.24, 2.45) is 0 Å². The quantitative estimate of drug-likeness (QED) is 0.273. The van der Waals surface area contributed by atoms with Gasteiger partial charge in [0.05, 0.1) is 6.61 Å². The standard InChI is InChI=1S/C27H29NO7/c1-31-18-34-25-13-5-21(17-26(25)35-19-32-2)6-14-27(30)28-22-7-11-24(12-8-22)33-16-15-20-3-9-23(29)10-4-20/h3-14,17,29H,15-16,18-19H2,1-2H3,(H,28,30)/b14-6+. The molecule has 0 atom stereocenters. The smallest absolute Gasteiger partial charge is 0.248 e. The maximum atomic E-state index is 12.3. The topological polar surface area (TPSA) is 95.5 Å². The lowest BCUT2D eigenvalue weighted by Crippen LogP contribution is -2.08. The molecule has 0 fully saturated rings. The number of amides is 1. The molecule has 8 heteroatoms. The third-order valence-electron chi connectivity index (χ3n) is 4.78. The average Bonchev–Trinajstić information content (AvgIpc) is 2.87. The molecule has 1 amide bonds. The Balaban J connectivity index is 1.51. The van der Waals surface area contributed by atoms with E-state index < -0.39 is 0 Å². The molecule has 184 valence electrons. The highest BCUT2D eigenvalue weighted by atomic mass is 16.7. The minimum atomic E-state index is -0.273. The van der Waals surface area contributed by atoms with Crippen LogP contribution in [0.1, 0.15) is 11.1 Å². The van der Waals surface area contributed by atoms with Crippen LogP contribution in [0, 0.1) is 0 Å². The van der Waals surface area contributed by atoms with Gasteiger partial charge in [0.25, 0.3) is 0 Å². The number of ether oxygens (including phenoxy) is 5. The number of aromatic hydroxyl groups is 1. The Morgan fingerprint density at radius 1 is 0.857 bits per heavy atom. The summed E-state index contributed by atoms with van der Waals surface area (Å²) >= 11 is 0. The van der Waals surface area contributed by atoms with Crippen LogP contribution in [-0.2, 0) is 20.7 Å². The van der Waals surface area contributed by atoms with Gasteiger partial charge < -0.3 is 34.1 Å². The Morgan fingerprint density at radius 2 is 1.54 bits per heavy atom. The molecule has 0 radical (unpaired) electrons. The second-order valence-electron chi connectivity index (χ2n) is 7.42. The number of hydrogen-bond acceptors (Lipinski definition) is 7. The van der Waals surface area contributed by atoms with E-state index in [4.69, 9.17) is 23.7 Å². The molecule has 0 aliphatic heterocycles. The van der Waals surface area contributed by atoms with Crippen LogP contribution in [0.3, 0.4) is 0 Å². The lowest BCUT2D eigenvalue weighted by molar-refractivity contribution is -0.111. The number of carbonyl (C=O) groups excluding carboxylic acids is 1. The summed E-state index contributed by atoms with van der Waals surface area (Å²) in [6.07, 6.45) is 3.84. The first-order valence-corrected chi connectivity index (χ1v) is 10.9. The summed E-state index contributed by atoms with van der Waals surface area (Å²) in [6, 6.07) is 19.5. The molecule has 2 N–H and O–H groups in total. The Kier molecular flexibility index (Phi) is 9.98. The van der Waals surface area contributed by atoms with Gasteiger partial charge >= 0.3 is 0 Å².